The molecule has 11 heavy (non-hydrogen) atoms. The maximum absolute atomic E-state index is 3.88. The topological polar surface area (TPSA) is 38.7 Å². The van der Waals surface area contributed by atoms with Crippen LogP contribution < -0.4 is 0 Å². The van der Waals surface area contributed by atoms with Crippen molar-refractivity contribution in [2.45, 2.75) is 0 Å². The van der Waals surface area contributed by atoms with Crippen molar-refractivity contribution < 1.29 is 0 Å². The van der Waals surface area contributed by atoms with Gasteiger partial charge in [0.1, 0.15) is 3.70 Å². The Kier molecular flexibility index (Phi) is 1.69. The summed E-state index contributed by atoms with van der Waals surface area (Å²) in [6, 6.07) is 7.81. The van der Waals surface area contributed by atoms with Crippen LogP contribution in [0, 0.1) is 3.70 Å². The average Bonchev–Trinajstić information content (AvgIpc) is 2.06. The van der Waals surface area contributed by atoms with Crippen molar-refractivity contribution in [3.63, 3.8) is 0 Å². The fourth-order valence-electron chi connectivity index (χ4n) is 0.899. The van der Waals surface area contributed by atoms with Crippen LogP contribution in [0.15, 0.2) is 24.3 Å². The molecule has 54 valence electrons. The molecule has 1 aromatic heterocycles. The van der Waals surface area contributed by atoms with Gasteiger partial charge in [-0.05, 0) is 33.9 Å². The lowest BCUT2D eigenvalue weighted by atomic mass is 10.2. The summed E-state index contributed by atoms with van der Waals surface area (Å²) < 4.78 is 0.896. The Morgan fingerprint density at radius 2 is 1.91 bits per heavy atom. The number of rotatable bonds is 0. The summed E-state index contributed by atoms with van der Waals surface area (Å²) in [7, 11) is 0. The highest BCUT2D eigenvalue weighted by Gasteiger charge is 1.97. The number of halogens is 1. The van der Waals surface area contributed by atoms with Crippen molar-refractivity contribution >= 4 is 33.5 Å². The largest absolute Gasteiger partial charge is 0.135 e. The SMILES string of the molecule is Ic1nnnc2ccccc12. The number of benzene rings is 1. The van der Waals surface area contributed by atoms with Gasteiger partial charge in [-0.15, -0.1) is 10.2 Å². The first-order chi connectivity index (χ1) is 5.38. The number of hydrogen-bond acceptors (Lipinski definition) is 3. The lowest BCUT2D eigenvalue weighted by molar-refractivity contribution is 0.879. The molecule has 0 N–H and O–H groups in total. The predicted molar refractivity (Wildman–Crippen MR) is 50.1 cm³/mol. The fourth-order valence-corrected chi connectivity index (χ4v) is 1.45. The van der Waals surface area contributed by atoms with E-state index in [1.807, 2.05) is 24.3 Å². The lowest BCUT2D eigenvalue weighted by Gasteiger charge is -1.93. The van der Waals surface area contributed by atoms with E-state index in [9.17, 15) is 0 Å². The Bertz CT molecular complexity index is 383. The standard InChI is InChI=1S/C7H4IN3/c8-7-5-3-1-2-4-6(5)9-11-10-7/h1-4H. The Morgan fingerprint density at radius 1 is 1.09 bits per heavy atom. The van der Waals surface area contributed by atoms with Crippen molar-refractivity contribution in [2.24, 2.45) is 0 Å². The van der Waals surface area contributed by atoms with Crippen LogP contribution in [0.5, 0.6) is 0 Å². The van der Waals surface area contributed by atoms with Gasteiger partial charge in [0.15, 0.2) is 0 Å². The zero-order chi connectivity index (χ0) is 7.68. The number of nitrogens with zero attached hydrogens (tertiary/aromatic N) is 3. The Balaban J connectivity index is 2.91. The molecule has 1 aromatic carbocycles. The molecule has 1 heterocycles. The lowest BCUT2D eigenvalue weighted by Crippen LogP contribution is -1.91. The summed E-state index contributed by atoms with van der Waals surface area (Å²) in [5.41, 5.74) is 0.895. The van der Waals surface area contributed by atoms with Gasteiger partial charge in [-0.25, -0.2) is 0 Å². The number of fused-ring (bicyclic) bond motifs is 1. The third kappa shape index (κ3) is 1.18. The van der Waals surface area contributed by atoms with Gasteiger partial charge in [0.25, 0.3) is 0 Å². The first kappa shape index (κ1) is 6.90. The van der Waals surface area contributed by atoms with Crippen molar-refractivity contribution in [1.82, 2.24) is 15.4 Å². The molecule has 0 spiro atoms. The van der Waals surface area contributed by atoms with Gasteiger partial charge in [-0.2, -0.15) is 0 Å². The molecule has 0 bridgehead atoms. The van der Waals surface area contributed by atoms with Crippen LogP contribution in [0.2, 0.25) is 0 Å². The van der Waals surface area contributed by atoms with E-state index < -0.39 is 0 Å². The molecular formula is C7H4IN3. The number of hydrogen-bond donors (Lipinski definition) is 0. The van der Waals surface area contributed by atoms with Gasteiger partial charge in [0.2, 0.25) is 0 Å². The molecule has 2 rings (SSSR count). The van der Waals surface area contributed by atoms with Crippen LogP contribution in [-0.4, -0.2) is 15.4 Å². The zero-order valence-electron chi connectivity index (χ0n) is 5.53. The fraction of sp³-hybridized carbons (Fsp3) is 0. The molecule has 0 radical (unpaired) electrons. The van der Waals surface area contributed by atoms with E-state index in [0.29, 0.717) is 0 Å². The van der Waals surface area contributed by atoms with Crippen LogP contribution in [-0.2, 0) is 0 Å². The van der Waals surface area contributed by atoms with E-state index in [2.05, 4.69) is 38.0 Å². The molecular weight excluding hydrogens is 253 g/mol. The van der Waals surface area contributed by atoms with Crippen LogP contribution in [0.3, 0.4) is 0 Å². The Morgan fingerprint density at radius 3 is 2.73 bits per heavy atom. The molecule has 0 amide bonds. The molecule has 0 unspecified atom stereocenters. The molecule has 0 saturated carbocycles. The second-order valence-electron chi connectivity index (χ2n) is 2.10. The smallest absolute Gasteiger partial charge is 0.130 e. The van der Waals surface area contributed by atoms with Gasteiger partial charge in [-0.1, -0.05) is 18.2 Å². The summed E-state index contributed by atoms with van der Waals surface area (Å²) in [6.07, 6.45) is 0. The van der Waals surface area contributed by atoms with Crippen molar-refractivity contribution in [3.8, 4) is 0 Å². The summed E-state index contributed by atoms with van der Waals surface area (Å²) in [4.78, 5) is 0. The molecule has 0 aliphatic carbocycles. The molecule has 0 saturated heterocycles. The van der Waals surface area contributed by atoms with Gasteiger partial charge in [0.05, 0.1) is 5.52 Å². The van der Waals surface area contributed by atoms with Gasteiger partial charge in [-0.3, -0.25) is 0 Å². The third-order valence-corrected chi connectivity index (χ3v) is 2.21. The second-order valence-corrected chi connectivity index (χ2v) is 3.12. The van der Waals surface area contributed by atoms with Gasteiger partial charge in [0, 0.05) is 5.39 Å². The summed E-state index contributed by atoms with van der Waals surface area (Å²) in [5.74, 6) is 0. The minimum atomic E-state index is 0.895. The first-order valence-corrected chi connectivity index (χ1v) is 4.19. The maximum atomic E-state index is 3.88. The van der Waals surface area contributed by atoms with Crippen molar-refractivity contribution in [2.75, 3.05) is 0 Å². The molecule has 0 aliphatic rings. The molecule has 3 nitrogen and oxygen atoms in total. The van der Waals surface area contributed by atoms with E-state index in [-0.39, 0.29) is 0 Å². The summed E-state index contributed by atoms with van der Waals surface area (Å²) in [6.45, 7) is 0. The maximum Gasteiger partial charge on any atom is 0.135 e. The van der Waals surface area contributed by atoms with Gasteiger partial charge >= 0.3 is 0 Å². The Hall–Kier alpha value is -0.780. The third-order valence-electron chi connectivity index (χ3n) is 1.41. The average molecular weight is 257 g/mol. The molecule has 0 atom stereocenters. The first-order valence-electron chi connectivity index (χ1n) is 3.11. The van der Waals surface area contributed by atoms with Crippen LogP contribution >= 0.6 is 22.6 Å². The predicted octanol–water partition coefficient (Wildman–Crippen LogP) is 1.63. The summed E-state index contributed by atoms with van der Waals surface area (Å²) >= 11 is 2.14. The van der Waals surface area contributed by atoms with E-state index in [0.717, 1.165) is 14.6 Å². The highest BCUT2D eigenvalue weighted by atomic mass is 127. The molecule has 4 heteroatoms. The van der Waals surface area contributed by atoms with Crippen molar-refractivity contribution in [3.05, 3.63) is 28.0 Å². The van der Waals surface area contributed by atoms with E-state index in [1.54, 1.807) is 0 Å². The van der Waals surface area contributed by atoms with E-state index in [4.69, 9.17) is 0 Å². The van der Waals surface area contributed by atoms with E-state index >= 15 is 0 Å². The van der Waals surface area contributed by atoms with E-state index in [1.165, 1.54) is 0 Å². The van der Waals surface area contributed by atoms with Crippen LogP contribution in [0.4, 0.5) is 0 Å². The monoisotopic (exact) mass is 257 g/mol. The highest BCUT2D eigenvalue weighted by Crippen LogP contribution is 2.13. The minimum Gasteiger partial charge on any atom is -0.130 e. The second kappa shape index (κ2) is 2.69. The zero-order valence-corrected chi connectivity index (χ0v) is 7.69. The molecule has 0 aliphatic heterocycles. The van der Waals surface area contributed by atoms with Crippen molar-refractivity contribution in [1.29, 1.82) is 0 Å². The quantitative estimate of drug-likeness (QED) is 0.673. The molecule has 0 fully saturated rings. The van der Waals surface area contributed by atoms with Gasteiger partial charge < -0.3 is 0 Å². The normalized spacial score (nSPS) is 10.3. The number of aromatic nitrogens is 3. The Labute approximate surface area is 77.0 Å². The molecule has 2 aromatic rings. The van der Waals surface area contributed by atoms with Crippen LogP contribution in [0.25, 0.3) is 10.9 Å². The minimum absolute atomic E-state index is 0.895. The summed E-state index contributed by atoms with van der Waals surface area (Å²) in [5, 5.41) is 12.4. The van der Waals surface area contributed by atoms with Crippen LogP contribution in [0.1, 0.15) is 0 Å². The highest BCUT2D eigenvalue weighted by molar-refractivity contribution is 14.1.